The highest BCUT2D eigenvalue weighted by molar-refractivity contribution is 6.31. The summed E-state index contributed by atoms with van der Waals surface area (Å²) < 4.78 is 0. The van der Waals surface area contributed by atoms with Crippen LogP contribution >= 0.6 is 11.6 Å². The maximum Gasteiger partial charge on any atom is 0.228 e. The molecule has 1 unspecified atom stereocenters. The van der Waals surface area contributed by atoms with E-state index in [0.717, 1.165) is 50.4 Å². The molecule has 5 heteroatoms. The Kier molecular flexibility index (Phi) is 5.21. The molecule has 0 saturated carbocycles. The highest BCUT2D eigenvalue weighted by Crippen LogP contribution is 2.31. The number of hydrogen-bond donors (Lipinski definition) is 2. The predicted octanol–water partition coefficient (Wildman–Crippen LogP) is 3.27. The minimum Gasteiger partial charge on any atom is -0.370 e. The molecule has 0 spiro atoms. The first-order valence-corrected chi connectivity index (χ1v) is 8.68. The van der Waals surface area contributed by atoms with Gasteiger partial charge in [-0.15, -0.1) is 0 Å². The zero-order chi connectivity index (χ0) is 15.4. The lowest BCUT2D eigenvalue weighted by atomic mass is 9.98. The zero-order valence-electron chi connectivity index (χ0n) is 12.9. The van der Waals surface area contributed by atoms with Crippen molar-refractivity contribution < 1.29 is 4.79 Å². The summed E-state index contributed by atoms with van der Waals surface area (Å²) >= 11 is 6.14. The van der Waals surface area contributed by atoms with Gasteiger partial charge in [-0.05, 0) is 56.8 Å². The lowest BCUT2D eigenvalue weighted by Crippen LogP contribution is -2.37. The maximum atomic E-state index is 12.5. The van der Waals surface area contributed by atoms with Gasteiger partial charge in [0.1, 0.15) is 0 Å². The van der Waals surface area contributed by atoms with Crippen LogP contribution < -0.4 is 15.5 Å². The Balaban J connectivity index is 1.76. The second-order valence-corrected chi connectivity index (χ2v) is 6.68. The van der Waals surface area contributed by atoms with Crippen LogP contribution in [-0.4, -0.2) is 32.1 Å². The van der Waals surface area contributed by atoms with Crippen LogP contribution in [0, 0.1) is 5.92 Å². The molecule has 0 bridgehead atoms. The van der Waals surface area contributed by atoms with Crippen molar-refractivity contribution in [1.82, 2.24) is 5.32 Å². The molecule has 22 heavy (non-hydrogen) atoms. The molecule has 2 heterocycles. The predicted molar refractivity (Wildman–Crippen MR) is 91.7 cm³/mol. The van der Waals surface area contributed by atoms with Gasteiger partial charge < -0.3 is 15.5 Å². The van der Waals surface area contributed by atoms with E-state index in [1.54, 1.807) is 0 Å². The number of nitrogens with one attached hydrogen (secondary N) is 2. The molecule has 2 aliphatic heterocycles. The Hall–Kier alpha value is -1.26. The molecule has 2 aliphatic rings. The summed E-state index contributed by atoms with van der Waals surface area (Å²) in [6.45, 7) is 3.89. The number of anilines is 2. The first-order chi connectivity index (χ1) is 10.7. The fourth-order valence-corrected chi connectivity index (χ4v) is 3.50. The summed E-state index contributed by atoms with van der Waals surface area (Å²) in [5, 5.41) is 7.07. The van der Waals surface area contributed by atoms with Crippen LogP contribution in [0.15, 0.2) is 18.2 Å². The van der Waals surface area contributed by atoms with Crippen LogP contribution in [0.25, 0.3) is 0 Å². The Morgan fingerprint density at radius 3 is 2.77 bits per heavy atom. The van der Waals surface area contributed by atoms with E-state index >= 15 is 0 Å². The molecule has 2 N–H and O–H groups in total. The number of carbonyl (C=O) groups excluding carboxylic acids is 1. The smallest absolute Gasteiger partial charge is 0.228 e. The third-order valence-electron chi connectivity index (χ3n) is 4.58. The minimum atomic E-state index is 0.0573. The second kappa shape index (κ2) is 7.34. The number of halogens is 1. The van der Waals surface area contributed by atoms with Gasteiger partial charge in [-0.1, -0.05) is 11.6 Å². The van der Waals surface area contributed by atoms with Gasteiger partial charge >= 0.3 is 0 Å². The van der Waals surface area contributed by atoms with Gasteiger partial charge in [0, 0.05) is 24.7 Å². The summed E-state index contributed by atoms with van der Waals surface area (Å²) in [5.74, 6) is 0.162. The topological polar surface area (TPSA) is 44.4 Å². The van der Waals surface area contributed by atoms with E-state index in [-0.39, 0.29) is 11.8 Å². The van der Waals surface area contributed by atoms with Crippen molar-refractivity contribution in [2.75, 3.05) is 36.4 Å². The lowest BCUT2D eigenvalue weighted by Gasteiger charge is -2.31. The van der Waals surface area contributed by atoms with Gasteiger partial charge in [0.15, 0.2) is 0 Å². The van der Waals surface area contributed by atoms with Gasteiger partial charge in [-0.25, -0.2) is 0 Å². The van der Waals surface area contributed by atoms with Crippen molar-refractivity contribution in [2.24, 2.45) is 5.92 Å². The molecule has 0 radical (unpaired) electrons. The first kappa shape index (κ1) is 15.6. The lowest BCUT2D eigenvalue weighted by molar-refractivity contribution is -0.120. The van der Waals surface area contributed by atoms with Crippen LogP contribution in [0.4, 0.5) is 11.4 Å². The Morgan fingerprint density at radius 1 is 1.23 bits per heavy atom. The van der Waals surface area contributed by atoms with E-state index in [1.807, 2.05) is 18.2 Å². The zero-order valence-corrected chi connectivity index (χ0v) is 13.7. The summed E-state index contributed by atoms with van der Waals surface area (Å²) in [5.41, 5.74) is 1.95. The normalized spacial score (nSPS) is 22.4. The van der Waals surface area contributed by atoms with Gasteiger partial charge in [0.05, 0.1) is 17.3 Å². The Labute approximate surface area is 137 Å². The van der Waals surface area contributed by atoms with Crippen LogP contribution in [0.5, 0.6) is 0 Å². The number of amides is 1. The molecule has 120 valence electrons. The molecule has 1 amide bonds. The standard InChI is InChI=1S/C17H24ClN3O/c18-14-6-7-16(21-9-2-1-3-10-21)15(11-14)20-17(22)13-5-4-8-19-12-13/h6-7,11,13,19H,1-5,8-10,12H2,(H,20,22). The van der Waals surface area contributed by atoms with Gasteiger partial charge in [-0.3, -0.25) is 4.79 Å². The van der Waals surface area contributed by atoms with E-state index in [4.69, 9.17) is 11.6 Å². The average Bonchev–Trinajstić information content (AvgIpc) is 2.56. The number of carbonyl (C=O) groups is 1. The van der Waals surface area contributed by atoms with E-state index in [0.29, 0.717) is 5.02 Å². The molecular weight excluding hydrogens is 298 g/mol. The van der Waals surface area contributed by atoms with Gasteiger partial charge in [0.25, 0.3) is 0 Å². The Bertz CT molecular complexity index is 523. The van der Waals surface area contributed by atoms with E-state index in [2.05, 4.69) is 15.5 Å². The van der Waals surface area contributed by atoms with Crippen molar-refractivity contribution in [2.45, 2.75) is 32.1 Å². The van der Waals surface area contributed by atoms with E-state index in [9.17, 15) is 4.79 Å². The monoisotopic (exact) mass is 321 g/mol. The summed E-state index contributed by atoms with van der Waals surface area (Å²) in [6, 6.07) is 5.81. The quantitative estimate of drug-likeness (QED) is 0.898. The third kappa shape index (κ3) is 3.73. The second-order valence-electron chi connectivity index (χ2n) is 6.24. The summed E-state index contributed by atoms with van der Waals surface area (Å²) in [6.07, 6.45) is 5.73. The minimum absolute atomic E-state index is 0.0573. The van der Waals surface area contributed by atoms with E-state index in [1.165, 1.54) is 19.3 Å². The SMILES string of the molecule is O=C(Nc1cc(Cl)ccc1N1CCCCC1)C1CCCNC1. The van der Waals surface area contributed by atoms with Crippen molar-refractivity contribution >= 4 is 28.9 Å². The van der Waals surface area contributed by atoms with E-state index < -0.39 is 0 Å². The average molecular weight is 322 g/mol. The molecular formula is C17H24ClN3O. The van der Waals surface area contributed by atoms with Crippen molar-refractivity contribution in [3.8, 4) is 0 Å². The first-order valence-electron chi connectivity index (χ1n) is 8.30. The fraction of sp³-hybridized carbons (Fsp3) is 0.588. The molecule has 4 nitrogen and oxygen atoms in total. The highest BCUT2D eigenvalue weighted by atomic mass is 35.5. The van der Waals surface area contributed by atoms with Gasteiger partial charge in [-0.2, -0.15) is 0 Å². The molecule has 2 fully saturated rings. The van der Waals surface area contributed by atoms with Crippen LogP contribution in [0.2, 0.25) is 5.02 Å². The molecule has 1 aromatic carbocycles. The number of nitrogens with zero attached hydrogens (tertiary/aromatic N) is 1. The van der Waals surface area contributed by atoms with Crippen molar-refractivity contribution in [3.05, 3.63) is 23.2 Å². The molecule has 0 aliphatic carbocycles. The molecule has 1 aromatic rings. The summed E-state index contributed by atoms with van der Waals surface area (Å²) in [4.78, 5) is 14.9. The molecule has 3 rings (SSSR count). The van der Waals surface area contributed by atoms with Crippen LogP contribution in [0.1, 0.15) is 32.1 Å². The van der Waals surface area contributed by atoms with Crippen LogP contribution in [-0.2, 0) is 4.79 Å². The third-order valence-corrected chi connectivity index (χ3v) is 4.82. The van der Waals surface area contributed by atoms with Crippen molar-refractivity contribution in [1.29, 1.82) is 0 Å². The van der Waals surface area contributed by atoms with Gasteiger partial charge in [0.2, 0.25) is 5.91 Å². The molecule has 2 saturated heterocycles. The number of hydrogen-bond acceptors (Lipinski definition) is 3. The number of rotatable bonds is 3. The Morgan fingerprint density at radius 2 is 2.05 bits per heavy atom. The summed E-state index contributed by atoms with van der Waals surface area (Å²) in [7, 11) is 0. The molecule has 1 atom stereocenters. The largest absolute Gasteiger partial charge is 0.370 e. The number of benzene rings is 1. The fourth-order valence-electron chi connectivity index (χ4n) is 3.33. The van der Waals surface area contributed by atoms with Crippen LogP contribution in [0.3, 0.4) is 0 Å². The number of piperidine rings is 2. The highest BCUT2D eigenvalue weighted by Gasteiger charge is 2.23. The maximum absolute atomic E-state index is 12.5. The van der Waals surface area contributed by atoms with Crippen molar-refractivity contribution in [3.63, 3.8) is 0 Å². The molecule has 0 aromatic heterocycles.